The molecule has 110 valence electrons. The molecule has 2 unspecified atom stereocenters. The minimum Gasteiger partial charge on any atom is -0.492 e. The predicted octanol–water partition coefficient (Wildman–Crippen LogP) is 2.73. The lowest BCUT2D eigenvalue weighted by Crippen LogP contribution is -2.49. The highest BCUT2D eigenvalue weighted by molar-refractivity contribution is 5.91. The molecule has 2 amide bonds. The quantitative estimate of drug-likeness (QED) is 0.925. The highest BCUT2D eigenvalue weighted by Gasteiger charge is 2.26. The average molecular weight is 278 g/mol. The van der Waals surface area contributed by atoms with Crippen molar-refractivity contribution in [2.24, 2.45) is 0 Å². The molecule has 20 heavy (non-hydrogen) atoms. The van der Waals surface area contributed by atoms with Crippen LogP contribution in [0.2, 0.25) is 0 Å². The van der Waals surface area contributed by atoms with Crippen LogP contribution in [-0.4, -0.2) is 42.8 Å². The summed E-state index contributed by atoms with van der Waals surface area (Å²) >= 11 is 0. The number of rotatable bonds is 3. The SMILES string of the molecule is CCOc1ccccc1NC(=O)N1CC(C)OC(C)C1. The summed E-state index contributed by atoms with van der Waals surface area (Å²) < 4.78 is 11.1. The number of carbonyl (C=O) groups is 1. The average Bonchev–Trinajstić information content (AvgIpc) is 2.40. The van der Waals surface area contributed by atoms with E-state index in [1.165, 1.54) is 0 Å². The van der Waals surface area contributed by atoms with Gasteiger partial charge in [-0.05, 0) is 32.9 Å². The first-order chi connectivity index (χ1) is 9.60. The maximum absolute atomic E-state index is 12.3. The van der Waals surface area contributed by atoms with E-state index in [0.29, 0.717) is 31.1 Å². The van der Waals surface area contributed by atoms with E-state index in [2.05, 4.69) is 5.32 Å². The van der Waals surface area contributed by atoms with Crippen LogP contribution in [-0.2, 0) is 4.74 Å². The van der Waals surface area contributed by atoms with E-state index in [-0.39, 0.29) is 18.2 Å². The fourth-order valence-electron chi connectivity index (χ4n) is 2.39. The molecule has 1 heterocycles. The number of hydrogen-bond donors (Lipinski definition) is 1. The molecule has 1 fully saturated rings. The van der Waals surface area contributed by atoms with Gasteiger partial charge >= 0.3 is 6.03 Å². The second-order valence-corrected chi connectivity index (χ2v) is 5.02. The lowest BCUT2D eigenvalue weighted by atomic mass is 10.2. The van der Waals surface area contributed by atoms with Gasteiger partial charge in [0.1, 0.15) is 5.75 Å². The monoisotopic (exact) mass is 278 g/mol. The van der Waals surface area contributed by atoms with Crippen LogP contribution < -0.4 is 10.1 Å². The number of amides is 2. The summed E-state index contributed by atoms with van der Waals surface area (Å²) in [5.74, 6) is 0.692. The molecule has 1 aromatic carbocycles. The lowest BCUT2D eigenvalue weighted by molar-refractivity contribution is -0.0530. The van der Waals surface area contributed by atoms with E-state index in [1.807, 2.05) is 45.0 Å². The Balaban J connectivity index is 2.04. The number of anilines is 1. The minimum absolute atomic E-state index is 0.0617. The van der Waals surface area contributed by atoms with Gasteiger partial charge in [-0.25, -0.2) is 4.79 Å². The van der Waals surface area contributed by atoms with Gasteiger partial charge < -0.3 is 19.7 Å². The van der Waals surface area contributed by atoms with E-state index in [0.717, 1.165) is 0 Å². The standard InChI is InChI=1S/C15H22N2O3/c1-4-19-14-8-6-5-7-13(14)16-15(18)17-9-11(2)20-12(3)10-17/h5-8,11-12H,4,9-10H2,1-3H3,(H,16,18). The number of nitrogens with one attached hydrogen (secondary N) is 1. The molecule has 2 atom stereocenters. The maximum atomic E-state index is 12.3. The van der Waals surface area contributed by atoms with Gasteiger partial charge in [-0.1, -0.05) is 12.1 Å². The van der Waals surface area contributed by atoms with Gasteiger partial charge in [0, 0.05) is 13.1 Å². The number of nitrogens with zero attached hydrogens (tertiary/aromatic N) is 1. The summed E-state index contributed by atoms with van der Waals surface area (Å²) in [6, 6.07) is 7.35. The van der Waals surface area contributed by atoms with Crippen molar-refractivity contribution in [2.45, 2.75) is 33.0 Å². The second kappa shape index (κ2) is 6.61. The van der Waals surface area contributed by atoms with Crippen molar-refractivity contribution < 1.29 is 14.3 Å². The molecular weight excluding hydrogens is 256 g/mol. The fraction of sp³-hybridized carbons (Fsp3) is 0.533. The smallest absolute Gasteiger partial charge is 0.322 e. The number of carbonyl (C=O) groups excluding carboxylic acids is 1. The Morgan fingerprint density at radius 3 is 2.65 bits per heavy atom. The van der Waals surface area contributed by atoms with E-state index in [9.17, 15) is 4.79 Å². The molecule has 1 aromatic rings. The third kappa shape index (κ3) is 3.63. The molecular formula is C15H22N2O3. The molecule has 1 aliphatic heterocycles. The first kappa shape index (κ1) is 14.7. The molecule has 0 spiro atoms. The summed E-state index contributed by atoms with van der Waals surface area (Å²) in [5.41, 5.74) is 0.700. The summed E-state index contributed by atoms with van der Waals surface area (Å²) in [5, 5.41) is 2.91. The molecule has 0 bridgehead atoms. The van der Waals surface area contributed by atoms with Gasteiger partial charge in [0.05, 0.1) is 24.5 Å². The van der Waals surface area contributed by atoms with Crippen molar-refractivity contribution in [1.29, 1.82) is 0 Å². The highest BCUT2D eigenvalue weighted by Crippen LogP contribution is 2.24. The van der Waals surface area contributed by atoms with Crippen LogP contribution in [0.1, 0.15) is 20.8 Å². The molecule has 0 aromatic heterocycles. The molecule has 1 N–H and O–H groups in total. The summed E-state index contributed by atoms with van der Waals surface area (Å²) in [6.07, 6.45) is 0.123. The maximum Gasteiger partial charge on any atom is 0.322 e. The van der Waals surface area contributed by atoms with E-state index in [1.54, 1.807) is 4.90 Å². The van der Waals surface area contributed by atoms with Crippen LogP contribution in [0.5, 0.6) is 5.75 Å². The van der Waals surface area contributed by atoms with Crippen molar-refractivity contribution >= 4 is 11.7 Å². The molecule has 1 aliphatic rings. The van der Waals surface area contributed by atoms with Gasteiger partial charge in [-0.2, -0.15) is 0 Å². The van der Waals surface area contributed by atoms with Gasteiger partial charge in [-0.15, -0.1) is 0 Å². The van der Waals surface area contributed by atoms with Crippen molar-refractivity contribution in [3.8, 4) is 5.75 Å². The van der Waals surface area contributed by atoms with Gasteiger partial charge in [0.25, 0.3) is 0 Å². The Morgan fingerprint density at radius 2 is 2.00 bits per heavy atom. The van der Waals surface area contributed by atoms with Gasteiger partial charge in [-0.3, -0.25) is 0 Å². The lowest BCUT2D eigenvalue weighted by Gasteiger charge is -2.35. The zero-order valence-corrected chi connectivity index (χ0v) is 12.3. The number of hydrogen-bond acceptors (Lipinski definition) is 3. The summed E-state index contributed by atoms with van der Waals surface area (Å²) in [6.45, 7) is 7.65. The van der Waals surface area contributed by atoms with E-state index in [4.69, 9.17) is 9.47 Å². The van der Waals surface area contributed by atoms with Crippen molar-refractivity contribution in [2.75, 3.05) is 25.0 Å². The van der Waals surface area contributed by atoms with E-state index < -0.39 is 0 Å². The topological polar surface area (TPSA) is 50.8 Å². The molecule has 0 radical (unpaired) electrons. The largest absolute Gasteiger partial charge is 0.492 e. The number of morpholine rings is 1. The Morgan fingerprint density at radius 1 is 1.35 bits per heavy atom. The summed E-state index contributed by atoms with van der Waals surface area (Å²) in [4.78, 5) is 14.1. The van der Waals surface area contributed by atoms with Crippen molar-refractivity contribution in [3.05, 3.63) is 24.3 Å². The predicted molar refractivity (Wildman–Crippen MR) is 78.2 cm³/mol. The zero-order valence-electron chi connectivity index (χ0n) is 12.3. The van der Waals surface area contributed by atoms with Gasteiger partial charge in [0.15, 0.2) is 0 Å². The Labute approximate surface area is 119 Å². The van der Waals surface area contributed by atoms with Crippen LogP contribution in [0.15, 0.2) is 24.3 Å². The number of para-hydroxylation sites is 2. The Bertz CT molecular complexity index is 454. The number of benzene rings is 1. The number of ether oxygens (including phenoxy) is 2. The number of urea groups is 1. The van der Waals surface area contributed by atoms with Crippen LogP contribution in [0.25, 0.3) is 0 Å². The minimum atomic E-state index is -0.112. The molecule has 5 heteroatoms. The molecule has 5 nitrogen and oxygen atoms in total. The molecule has 0 saturated carbocycles. The van der Waals surface area contributed by atoms with Crippen molar-refractivity contribution in [3.63, 3.8) is 0 Å². The Kier molecular flexibility index (Phi) is 4.84. The zero-order chi connectivity index (χ0) is 14.5. The first-order valence-corrected chi connectivity index (χ1v) is 7.03. The van der Waals surface area contributed by atoms with Crippen LogP contribution in [0.3, 0.4) is 0 Å². The van der Waals surface area contributed by atoms with Crippen LogP contribution in [0, 0.1) is 0 Å². The third-order valence-electron chi connectivity index (χ3n) is 3.14. The third-order valence-corrected chi connectivity index (χ3v) is 3.14. The van der Waals surface area contributed by atoms with Crippen LogP contribution >= 0.6 is 0 Å². The van der Waals surface area contributed by atoms with Gasteiger partial charge in [0.2, 0.25) is 0 Å². The second-order valence-electron chi connectivity index (χ2n) is 5.02. The summed E-state index contributed by atoms with van der Waals surface area (Å²) in [7, 11) is 0. The van der Waals surface area contributed by atoms with Crippen molar-refractivity contribution in [1.82, 2.24) is 4.90 Å². The van der Waals surface area contributed by atoms with Crippen LogP contribution in [0.4, 0.5) is 10.5 Å². The Hall–Kier alpha value is -1.75. The first-order valence-electron chi connectivity index (χ1n) is 7.03. The fourth-order valence-corrected chi connectivity index (χ4v) is 2.39. The normalized spacial score (nSPS) is 22.4. The highest BCUT2D eigenvalue weighted by atomic mass is 16.5. The van der Waals surface area contributed by atoms with E-state index >= 15 is 0 Å². The molecule has 0 aliphatic carbocycles. The molecule has 1 saturated heterocycles. The molecule has 2 rings (SSSR count).